The molecule has 96 valence electrons. The zero-order valence-corrected chi connectivity index (χ0v) is 9.27. The molecule has 0 saturated carbocycles. The number of aryl methyl sites for hydroxylation is 1. The van der Waals surface area contributed by atoms with E-state index in [2.05, 4.69) is 9.84 Å². The third kappa shape index (κ3) is 2.93. The van der Waals surface area contributed by atoms with Crippen molar-refractivity contribution in [1.82, 2.24) is 9.78 Å². The summed E-state index contributed by atoms with van der Waals surface area (Å²) in [6, 6.07) is 3.41. The van der Waals surface area contributed by atoms with Crippen LogP contribution in [0, 0.1) is 0 Å². The minimum atomic E-state index is -4.79. The maximum Gasteiger partial charge on any atom is 0.573 e. The number of hydrogen-bond acceptors (Lipinski definition) is 3. The second kappa shape index (κ2) is 4.25. The zero-order valence-electron chi connectivity index (χ0n) is 9.27. The highest BCUT2D eigenvalue weighted by Gasteiger charge is 2.31. The molecule has 0 bridgehead atoms. The molecule has 4 nitrogen and oxygen atoms in total. The maximum absolute atomic E-state index is 12.1. The summed E-state index contributed by atoms with van der Waals surface area (Å²) >= 11 is 0. The van der Waals surface area contributed by atoms with E-state index in [4.69, 9.17) is 0 Å². The topological polar surface area (TPSA) is 47.3 Å². The summed E-state index contributed by atoms with van der Waals surface area (Å²) in [4.78, 5) is 0. The van der Waals surface area contributed by atoms with Gasteiger partial charge in [0.2, 0.25) is 0 Å². The van der Waals surface area contributed by atoms with Gasteiger partial charge in [0.25, 0.3) is 0 Å². The lowest BCUT2D eigenvalue weighted by Gasteiger charge is -2.10. The molecule has 1 aromatic heterocycles. The van der Waals surface area contributed by atoms with Gasteiger partial charge in [-0.2, -0.15) is 5.10 Å². The molecular formula is C11H9F3N2O2. The third-order valence-corrected chi connectivity index (χ3v) is 2.16. The van der Waals surface area contributed by atoms with E-state index in [1.165, 1.54) is 23.0 Å². The number of rotatable bonds is 2. The number of hydrogen-bond donors (Lipinski definition) is 1. The van der Waals surface area contributed by atoms with E-state index in [0.717, 1.165) is 6.07 Å². The van der Waals surface area contributed by atoms with Crippen molar-refractivity contribution in [3.8, 4) is 22.6 Å². The molecule has 0 aliphatic rings. The number of phenolic OH excluding ortho intramolecular Hbond substituents is 1. The van der Waals surface area contributed by atoms with E-state index in [9.17, 15) is 18.3 Å². The second-order valence-corrected chi connectivity index (χ2v) is 3.67. The summed E-state index contributed by atoms with van der Waals surface area (Å²) in [6.07, 6.45) is -1.70. The molecule has 1 aromatic carbocycles. The van der Waals surface area contributed by atoms with Crippen molar-refractivity contribution < 1.29 is 23.0 Å². The fraction of sp³-hybridized carbons (Fsp3) is 0.182. The van der Waals surface area contributed by atoms with E-state index in [1.54, 1.807) is 13.2 Å². The molecule has 2 aromatic rings. The van der Waals surface area contributed by atoms with Crippen molar-refractivity contribution in [3.63, 3.8) is 0 Å². The smallest absolute Gasteiger partial charge is 0.508 e. The molecular weight excluding hydrogens is 249 g/mol. The van der Waals surface area contributed by atoms with Crippen LogP contribution in [-0.2, 0) is 7.05 Å². The third-order valence-electron chi connectivity index (χ3n) is 2.16. The average molecular weight is 258 g/mol. The quantitative estimate of drug-likeness (QED) is 0.900. The molecule has 1 heterocycles. The summed E-state index contributed by atoms with van der Waals surface area (Å²) in [5.41, 5.74) is 0.975. The summed E-state index contributed by atoms with van der Waals surface area (Å²) in [7, 11) is 1.68. The summed E-state index contributed by atoms with van der Waals surface area (Å²) in [6.45, 7) is 0. The van der Waals surface area contributed by atoms with Crippen LogP contribution in [0.25, 0.3) is 11.1 Å². The van der Waals surface area contributed by atoms with E-state index in [0.29, 0.717) is 11.1 Å². The van der Waals surface area contributed by atoms with Gasteiger partial charge in [-0.15, -0.1) is 13.2 Å². The number of halogens is 3. The van der Waals surface area contributed by atoms with E-state index in [1.807, 2.05) is 0 Å². The number of phenols is 1. The Morgan fingerprint density at radius 1 is 1.22 bits per heavy atom. The molecule has 0 spiro atoms. The predicted octanol–water partition coefficient (Wildman–Crippen LogP) is 2.69. The van der Waals surface area contributed by atoms with Crippen LogP contribution in [0.4, 0.5) is 13.2 Å². The fourth-order valence-corrected chi connectivity index (χ4v) is 1.51. The van der Waals surface area contributed by atoms with Crippen molar-refractivity contribution >= 4 is 0 Å². The Labute approximate surface area is 100 Å². The Morgan fingerprint density at radius 3 is 2.50 bits per heavy atom. The Balaban J connectivity index is 2.38. The molecule has 2 rings (SSSR count). The van der Waals surface area contributed by atoms with E-state index in [-0.39, 0.29) is 5.75 Å². The SMILES string of the molecule is Cn1cc(-c2cc(O)cc(OC(F)(F)F)c2)cn1. The Bertz CT molecular complexity index is 564. The number of aromatic hydroxyl groups is 1. The largest absolute Gasteiger partial charge is 0.573 e. The van der Waals surface area contributed by atoms with Gasteiger partial charge in [-0.3, -0.25) is 4.68 Å². The van der Waals surface area contributed by atoms with Gasteiger partial charge in [-0.1, -0.05) is 0 Å². The summed E-state index contributed by atoms with van der Waals surface area (Å²) < 4.78 is 41.5. The fourth-order valence-electron chi connectivity index (χ4n) is 1.51. The molecule has 0 unspecified atom stereocenters. The number of ether oxygens (including phenoxy) is 1. The normalized spacial score (nSPS) is 11.6. The average Bonchev–Trinajstić information content (AvgIpc) is 2.61. The Morgan fingerprint density at radius 2 is 1.94 bits per heavy atom. The molecule has 0 radical (unpaired) electrons. The van der Waals surface area contributed by atoms with Crippen LogP contribution in [0.2, 0.25) is 0 Å². The first-order chi connectivity index (χ1) is 8.33. The highest BCUT2D eigenvalue weighted by Crippen LogP contribution is 2.31. The van der Waals surface area contributed by atoms with Gasteiger partial charge in [0.1, 0.15) is 11.5 Å². The molecule has 0 aliphatic heterocycles. The first-order valence-corrected chi connectivity index (χ1v) is 4.92. The van der Waals surface area contributed by atoms with Crippen LogP contribution >= 0.6 is 0 Å². The number of benzene rings is 1. The van der Waals surface area contributed by atoms with Gasteiger partial charge in [0.15, 0.2) is 0 Å². The molecule has 0 atom stereocenters. The van der Waals surface area contributed by atoms with Gasteiger partial charge in [0.05, 0.1) is 6.20 Å². The predicted molar refractivity (Wildman–Crippen MR) is 57.0 cm³/mol. The zero-order chi connectivity index (χ0) is 13.3. The Kier molecular flexibility index (Phi) is 2.90. The highest BCUT2D eigenvalue weighted by atomic mass is 19.4. The molecule has 0 fully saturated rings. The van der Waals surface area contributed by atoms with Crippen LogP contribution in [0.15, 0.2) is 30.6 Å². The van der Waals surface area contributed by atoms with Crippen molar-refractivity contribution in [3.05, 3.63) is 30.6 Å². The second-order valence-electron chi connectivity index (χ2n) is 3.67. The molecule has 7 heteroatoms. The van der Waals surface area contributed by atoms with Crippen LogP contribution in [0.3, 0.4) is 0 Å². The van der Waals surface area contributed by atoms with Crippen molar-refractivity contribution in [2.45, 2.75) is 6.36 Å². The minimum absolute atomic E-state index is 0.310. The van der Waals surface area contributed by atoms with Gasteiger partial charge in [-0.05, 0) is 17.7 Å². The lowest BCUT2D eigenvalue weighted by molar-refractivity contribution is -0.274. The minimum Gasteiger partial charge on any atom is -0.508 e. The standard InChI is InChI=1S/C11H9F3N2O2/c1-16-6-8(5-15-16)7-2-9(17)4-10(3-7)18-11(12,13)14/h2-6,17H,1H3. The van der Waals surface area contributed by atoms with Crippen LogP contribution in [0.1, 0.15) is 0 Å². The molecule has 18 heavy (non-hydrogen) atoms. The van der Waals surface area contributed by atoms with Crippen LogP contribution < -0.4 is 4.74 Å². The monoisotopic (exact) mass is 258 g/mol. The lowest BCUT2D eigenvalue weighted by Crippen LogP contribution is -2.17. The molecule has 0 amide bonds. The number of alkyl halides is 3. The first-order valence-electron chi connectivity index (χ1n) is 4.92. The maximum atomic E-state index is 12.1. The van der Waals surface area contributed by atoms with Crippen molar-refractivity contribution in [1.29, 1.82) is 0 Å². The van der Waals surface area contributed by atoms with Crippen molar-refractivity contribution in [2.24, 2.45) is 7.05 Å². The summed E-state index contributed by atoms with van der Waals surface area (Å²) in [5, 5.41) is 13.3. The van der Waals surface area contributed by atoms with E-state index < -0.39 is 12.1 Å². The Hall–Kier alpha value is -2.18. The van der Waals surface area contributed by atoms with Crippen LogP contribution in [-0.4, -0.2) is 21.2 Å². The van der Waals surface area contributed by atoms with Gasteiger partial charge in [0, 0.05) is 24.9 Å². The highest BCUT2D eigenvalue weighted by molar-refractivity contribution is 5.65. The lowest BCUT2D eigenvalue weighted by atomic mass is 10.1. The van der Waals surface area contributed by atoms with Crippen LogP contribution in [0.5, 0.6) is 11.5 Å². The molecule has 1 N–H and O–H groups in total. The van der Waals surface area contributed by atoms with Gasteiger partial charge in [-0.25, -0.2) is 0 Å². The first kappa shape index (κ1) is 12.3. The number of nitrogens with zero attached hydrogens (tertiary/aromatic N) is 2. The van der Waals surface area contributed by atoms with Gasteiger partial charge >= 0.3 is 6.36 Å². The number of aromatic nitrogens is 2. The van der Waals surface area contributed by atoms with Gasteiger partial charge < -0.3 is 9.84 Å². The molecule has 0 aliphatic carbocycles. The summed E-state index contributed by atoms with van der Waals surface area (Å²) in [5.74, 6) is -0.781. The van der Waals surface area contributed by atoms with E-state index >= 15 is 0 Å². The molecule has 0 saturated heterocycles. The van der Waals surface area contributed by atoms with Crippen molar-refractivity contribution in [2.75, 3.05) is 0 Å².